The van der Waals surface area contributed by atoms with E-state index in [4.69, 9.17) is 4.74 Å². The fraction of sp³-hybridized carbons (Fsp3) is 0.632. The number of aliphatic hydroxyl groups is 1. The number of unbranched alkanes of at least 4 members (excludes halogenated alkanes) is 1. The lowest BCUT2D eigenvalue weighted by molar-refractivity contribution is 0.00410. The predicted molar refractivity (Wildman–Crippen MR) is 95.2 cm³/mol. The smallest absolute Gasteiger partial charge is 0.317 e. The summed E-state index contributed by atoms with van der Waals surface area (Å²) in [6.07, 6.45) is 4.33. The van der Waals surface area contributed by atoms with Crippen molar-refractivity contribution in [2.45, 2.75) is 57.6 Å². The molecule has 0 radical (unpaired) electrons. The first kappa shape index (κ1) is 18.6. The normalized spacial score (nSPS) is 18.1. The van der Waals surface area contributed by atoms with E-state index in [2.05, 4.69) is 12.2 Å². The van der Waals surface area contributed by atoms with Crippen LogP contribution in [0.3, 0.4) is 0 Å². The van der Waals surface area contributed by atoms with E-state index in [1.807, 2.05) is 31.2 Å². The van der Waals surface area contributed by atoms with Crippen LogP contribution in [0.4, 0.5) is 4.79 Å². The molecule has 5 nitrogen and oxygen atoms in total. The van der Waals surface area contributed by atoms with Crippen molar-refractivity contribution in [1.82, 2.24) is 10.2 Å². The lowest BCUT2D eigenvalue weighted by atomic mass is 9.94. The van der Waals surface area contributed by atoms with Gasteiger partial charge < -0.3 is 20.1 Å². The van der Waals surface area contributed by atoms with Gasteiger partial charge in [0.25, 0.3) is 0 Å². The zero-order valence-corrected chi connectivity index (χ0v) is 15.0. The number of hydrogen-bond acceptors (Lipinski definition) is 3. The number of ether oxygens (including phenoxy) is 1. The van der Waals surface area contributed by atoms with Crippen LogP contribution in [0.15, 0.2) is 24.3 Å². The van der Waals surface area contributed by atoms with Crippen molar-refractivity contribution >= 4 is 6.03 Å². The van der Waals surface area contributed by atoms with Crippen LogP contribution in [-0.4, -0.2) is 41.8 Å². The molecule has 2 rings (SSSR count). The Morgan fingerprint density at radius 2 is 1.96 bits per heavy atom. The summed E-state index contributed by atoms with van der Waals surface area (Å²) in [6, 6.07) is 7.85. The van der Waals surface area contributed by atoms with Crippen molar-refractivity contribution in [2.75, 3.05) is 20.2 Å². The van der Waals surface area contributed by atoms with Gasteiger partial charge in [-0.3, -0.25) is 0 Å². The number of urea groups is 1. The van der Waals surface area contributed by atoms with Crippen LogP contribution in [0, 0.1) is 0 Å². The van der Waals surface area contributed by atoms with Crippen molar-refractivity contribution in [3.05, 3.63) is 29.8 Å². The van der Waals surface area contributed by atoms with Crippen molar-refractivity contribution in [3.8, 4) is 5.75 Å². The topological polar surface area (TPSA) is 61.8 Å². The van der Waals surface area contributed by atoms with Crippen LogP contribution in [-0.2, 0) is 0 Å². The molecule has 0 saturated carbocycles. The summed E-state index contributed by atoms with van der Waals surface area (Å²) in [4.78, 5) is 14.4. The predicted octanol–water partition coefficient (Wildman–Crippen LogP) is 3.48. The third kappa shape index (κ3) is 5.13. The lowest BCUT2D eigenvalue weighted by Crippen LogP contribution is -2.49. The minimum absolute atomic E-state index is 0.00536. The van der Waals surface area contributed by atoms with E-state index in [1.54, 1.807) is 12.0 Å². The van der Waals surface area contributed by atoms with Gasteiger partial charge in [0.1, 0.15) is 5.75 Å². The van der Waals surface area contributed by atoms with E-state index in [1.165, 1.54) is 0 Å². The van der Waals surface area contributed by atoms with Crippen molar-refractivity contribution in [3.63, 3.8) is 0 Å². The van der Waals surface area contributed by atoms with Gasteiger partial charge >= 0.3 is 6.03 Å². The van der Waals surface area contributed by atoms with Gasteiger partial charge in [-0.05, 0) is 43.9 Å². The Morgan fingerprint density at radius 3 is 2.50 bits per heavy atom. The molecule has 1 fully saturated rings. The first-order valence-electron chi connectivity index (χ1n) is 8.87. The number of methoxy groups -OCH3 is 1. The molecule has 5 heteroatoms. The molecular formula is C19H30N2O3. The van der Waals surface area contributed by atoms with Crippen LogP contribution in [0.5, 0.6) is 5.75 Å². The molecule has 0 unspecified atom stereocenters. The second-order valence-electron chi connectivity index (χ2n) is 6.90. The highest BCUT2D eigenvalue weighted by atomic mass is 16.5. The van der Waals surface area contributed by atoms with E-state index in [0.717, 1.165) is 30.6 Å². The maximum absolute atomic E-state index is 12.6. The number of carbonyl (C=O) groups is 1. The first-order chi connectivity index (χ1) is 11.4. The van der Waals surface area contributed by atoms with Gasteiger partial charge in [-0.25, -0.2) is 4.79 Å². The Morgan fingerprint density at radius 1 is 1.33 bits per heavy atom. The molecule has 1 aliphatic rings. The largest absolute Gasteiger partial charge is 0.497 e. The zero-order valence-electron chi connectivity index (χ0n) is 15.0. The molecule has 1 heterocycles. The molecule has 0 aliphatic carbocycles. The molecule has 134 valence electrons. The molecule has 1 atom stereocenters. The maximum atomic E-state index is 12.6. The van der Waals surface area contributed by atoms with Gasteiger partial charge in [-0.15, -0.1) is 0 Å². The summed E-state index contributed by atoms with van der Waals surface area (Å²) in [7, 11) is 1.65. The number of hydrogen-bond donors (Lipinski definition) is 2. The van der Waals surface area contributed by atoms with E-state index in [-0.39, 0.29) is 12.1 Å². The minimum atomic E-state index is -0.644. The van der Waals surface area contributed by atoms with Gasteiger partial charge in [-0.1, -0.05) is 31.9 Å². The van der Waals surface area contributed by atoms with Gasteiger partial charge in [0.05, 0.1) is 18.8 Å². The molecule has 1 aromatic rings. The van der Waals surface area contributed by atoms with E-state index in [0.29, 0.717) is 25.9 Å². The van der Waals surface area contributed by atoms with Crippen LogP contribution in [0.25, 0.3) is 0 Å². The molecule has 1 aromatic carbocycles. The summed E-state index contributed by atoms with van der Waals surface area (Å²) < 4.78 is 5.21. The second-order valence-corrected chi connectivity index (χ2v) is 6.90. The van der Waals surface area contributed by atoms with Crippen molar-refractivity contribution in [1.29, 1.82) is 0 Å². The minimum Gasteiger partial charge on any atom is -0.497 e. The molecule has 2 amide bonds. The summed E-state index contributed by atoms with van der Waals surface area (Å²) in [5.74, 6) is 0.817. The van der Waals surface area contributed by atoms with E-state index >= 15 is 0 Å². The number of rotatable bonds is 6. The lowest BCUT2D eigenvalue weighted by Gasteiger charge is -2.36. The quantitative estimate of drug-likeness (QED) is 0.837. The third-order valence-corrected chi connectivity index (χ3v) is 4.79. The summed E-state index contributed by atoms with van der Waals surface area (Å²) >= 11 is 0. The standard InChI is InChI=1S/C19H30N2O3/c1-4-5-6-17(15-7-9-16(24-3)10-8-15)20-18(22)21-13-11-19(2,23)12-14-21/h7-10,17,23H,4-6,11-14H2,1-3H3,(H,20,22)/t17-/m1/s1. The summed E-state index contributed by atoms with van der Waals surface area (Å²) in [5.41, 5.74) is 0.454. The third-order valence-electron chi connectivity index (χ3n) is 4.79. The number of nitrogens with zero attached hydrogens (tertiary/aromatic N) is 1. The second kappa shape index (κ2) is 8.38. The number of piperidine rings is 1. The molecule has 2 N–H and O–H groups in total. The Hall–Kier alpha value is -1.75. The Bertz CT molecular complexity index is 518. The maximum Gasteiger partial charge on any atom is 0.317 e. The van der Waals surface area contributed by atoms with Crippen LogP contribution >= 0.6 is 0 Å². The Balaban J connectivity index is 2.00. The van der Waals surface area contributed by atoms with E-state index < -0.39 is 5.60 Å². The average Bonchev–Trinajstić information content (AvgIpc) is 2.58. The molecule has 24 heavy (non-hydrogen) atoms. The molecule has 0 bridgehead atoms. The number of carbonyl (C=O) groups excluding carboxylic acids is 1. The van der Waals surface area contributed by atoms with Gasteiger partial charge in [0.15, 0.2) is 0 Å². The Kier molecular flexibility index (Phi) is 6.49. The monoisotopic (exact) mass is 334 g/mol. The highest BCUT2D eigenvalue weighted by Crippen LogP contribution is 2.24. The molecule has 1 saturated heterocycles. The Labute approximate surface area is 145 Å². The molecule has 1 aliphatic heterocycles. The summed E-state index contributed by atoms with van der Waals surface area (Å²) in [6.45, 7) is 5.19. The molecule has 0 aromatic heterocycles. The van der Waals surface area contributed by atoms with Crippen LogP contribution in [0.2, 0.25) is 0 Å². The number of benzene rings is 1. The van der Waals surface area contributed by atoms with Gasteiger partial charge in [0.2, 0.25) is 0 Å². The number of amides is 2. The van der Waals surface area contributed by atoms with Gasteiger partial charge in [0, 0.05) is 13.1 Å². The molecular weight excluding hydrogens is 304 g/mol. The van der Waals surface area contributed by atoms with E-state index in [9.17, 15) is 9.90 Å². The highest BCUT2D eigenvalue weighted by molar-refractivity contribution is 5.74. The first-order valence-corrected chi connectivity index (χ1v) is 8.87. The highest BCUT2D eigenvalue weighted by Gasteiger charge is 2.30. The van der Waals surface area contributed by atoms with Crippen LogP contribution < -0.4 is 10.1 Å². The summed E-state index contributed by atoms with van der Waals surface area (Å²) in [5, 5.41) is 13.2. The fourth-order valence-electron chi connectivity index (χ4n) is 3.00. The SMILES string of the molecule is CCCC[C@@H](NC(=O)N1CCC(C)(O)CC1)c1ccc(OC)cc1. The van der Waals surface area contributed by atoms with Crippen molar-refractivity contribution < 1.29 is 14.6 Å². The van der Waals surface area contributed by atoms with Crippen LogP contribution in [0.1, 0.15) is 57.6 Å². The zero-order chi connectivity index (χ0) is 17.6. The number of nitrogens with one attached hydrogen (secondary N) is 1. The fourth-order valence-corrected chi connectivity index (χ4v) is 3.00. The van der Waals surface area contributed by atoms with Crippen molar-refractivity contribution in [2.24, 2.45) is 0 Å². The number of likely N-dealkylation sites (tertiary alicyclic amines) is 1. The van der Waals surface area contributed by atoms with Gasteiger partial charge in [-0.2, -0.15) is 0 Å². The average molecular weight is 334 g/mol. The molecule has 0 spiro atoms.